The Morgan fingerprint density at radius 1 is 1.58 bits per heavy atom. The Labute approximate surface area is 107 Å². The predicted octanol–water partition coefficient (Wildman–Crippen LogP) is 1.67. The van der Waals surface area contributed by atoms with E-state index in [4.69, 9.17) is 10.4 Å². The van der Waals surface area contributed by atoms with E-state index in [0.717, 1.165) is 0 Å². The van der Waals surface area contributed by atoms with Crippen molar-refractivity contribution in [3.63, 3.8) is 0 Å². The number of aliphatic carboxylic acids is 1. The number of hydrogen-bond donors (Lipinski definition) is 1. The number of carboxylic acids is 1. The molecule has 0 spiro atoms. The van der Waals surface area contributed by atoms with E-state index in [1.807, 2.05) is 0 Å². The Balaban J connectivity index is 3.10. The second-order valence-corrected chi connectivity index (χ2v) is 4.29. The smallest absolute Gasteiger partial charge is 0.414 e. The fourth-order valence-corrected chi connectivity index (χ4v) is 1.95. The predicted molar refractivity (Wildman–Crippen MR) is 55.8 cm³/mol. The average molecular weight is 296 g/mol. The van der Waals surface area contributed by atoms with Crippen molar-refractivity contribution in [1.29, 1.82) is 5.26 Å². The molecule has 10 heteroatoms. The lowest BCUT2D eigenvalue weighted by atomic mass is 9.98. The number of thioether (sulfide) groups is 1. The van der Waals surface area contributed by atoms with Crippen molar-refractivity contribution in [2.75, 3.05) is 0 Å². The molecule has 1 N–H and O–H groups in total. The highest BCUT2D eigenvalue weighted by Gasteiger charge is 2.44. The largest absolute Gasteiger partial charge is 0.478 e. The molecule has 2 unspecified atom stereocenters. The van der Waals surface area contributed by atoms with Gasteiger partial charge in [-0.3, -0.25) is 4.79 Å². The molecule has 0 fully saturated rings. The van der Waals surface area contributed by atoms with Gasteiger partial charge in [-0.25, -0.2) is 14.2 Å². The molecule has 19 heavy (non-hydrogen) atoms. The molecule has 2 atom stereocenters. The zero-order valence-electron chi connectivity index (χ0n) is 8.81. The Hall–Kier alpha value is -1.89. The molecular weight excluding hydrogens is 292 g/mol. The lowest BCUT2D eigenvalue weighted by Crippen LogP contribution is -2.30. The molecule has 0 aliphatic carbocycles. The molecule has 102 valence electrons. The minimum absolute atomic E-state index is 0.131. The number of alkyl halides is 4. The molecule has 0 bridgehead atoms. The standard InChI is InChI=1S/C9H4F4N2O3S/c10-6(8(17)18)19-7-3(2-14)4(9(11,12)13)1-5(16)15-7/h1,3,6H,(H,17,18). The Morgan fingerprint density at radius 2 is 2.16 bits per heavy atom. The van der Waals surface area contributed by atoms with Gasteiger partial charge >= 0.3 is 12.1 Å². The van der Waals surface area contributed by atoms with E-state index in [1.165, 1.54) is 6.07 Å². The molecule has 1 aliphatic rings. The second kappa shape index (κ2) is 5.40. The minimum atomic E-state index is -4.97. The molecule has 5 nitrogen and oxygen atoms in total. The number of carbonyl (C=O) groups excluding carboxylic acids is 1. The number of halogens is 4. The summed E-state index contributed by atoms with van der Waals surface area (Å²) < 4.78 is 50.7. The number of amides is 1. The maximum absolute atomic E-state index is 12.9. The molecule has 1 heterocycles. The number of rotatable bonds is 2. The van der Waals surface area contributed by atoms with Crippen LogP contribution in [-0.2, 0) is 9.59 Å². The molecule has 0 aromatic heterocycles. The summed E-state index contributed by atoms with van der Waals surface area (Å²) in [7, 11) is 0. The van der Waals surface area contributed by atoms with Crippen LogP contribution < -0.4 is 0 Å². The van der Waals surface area contributed by atoms with Crippen molar-refractivity contribution in [2.45, 2.75) is 11.7 Å². The number of carbonyl (C=O) groups is 2. The molecule has 0 aromatic carbocycles. The lowest BCUT2D eigenvalue weighted by molar-refractivity contribution is -0.139. The van der Waals surface area contributed by atoms with Gasteiger partial charge in [0.1, 0.15) is 11.0 Å². The van der Waals surface area contributed by atoms with Crippen LogP contribution in [-0.4, -0.2) is 33.7 Å². The van der Waals surface area contributed by atoms with Gasteiger partial charge in [0, 0.05) is 6.08 Å². The maximum atomic E-state index is 12.9. The van der Waals surface area contributed by atoms with E-state index >= 15 is 0 Å². The molecule has 1 amide bonds. The number of carboxylic acid groups (broad SMARTS) is 1. The summed E-state index contributed by atoms with van der Waals surface area (Å²) in [6.07, 6.45) is -4.83. The minimum Gasteiger partial charge on any atom is -0.478 e. The summed E-state index contributed by atoms with van der Waals surface area (Å²) in [5, 5.41) is 16.2. The third kappa shape index (κ3) is 3.54. The van der Waals surface area contributed by atoms with Crippen LogP contribution in [0.5, 0.6) is 0 Å². The van der Waals surface area contributed by atoms with Crippen molar-refractivity contribution >= 4 is 28.7 Å². The first kappa shape index (κ1) is 15.2. The highest BCUT2D eigenvalue weighted by atomic mass is 32.2. The first-order valence-electron chi connectivity index (χ1n) is 4.51. The molecule has 0 saturated heterocycles. The van der Waals surface area contributed by atoms with Crippen molar-refractivity contribution in [2.24, 2.45) is 10.9 Å². The van der Waals surface area contributed by atoms with Gasteiger partial charge in [0.05, 0.1) is 11.6 Å². The molecule has 1 rings (SSSR count). The summed E-state index contributed by atoms with van der Waals surface area (Å²) in [5.41, 5.74) is -4.11. The fraction of sp³-hybridized carbons (Fsp3) is 0.333. The number of nitrogens with zero attached hydrogens (tertiary/aromatic N) is 2. The topological polar surface area (TPSA) is 90.5 Å². The van der Waals surface area contributed by atoms with Crippen LogP contribution in [0, 0.1) is 17.2 Å². The van der Waals surface area contributed by atoms with E-state index in [-0.39, 0.29) is 17.8 Å². The van der Waals surface area contributed by atoms with Crippen molar-refractivity contribution in [1.82, 2.24) is 0 Å². The van der Waals surface area contributed by atoms with Gasteiger partial charge < -0.3 is 5.11 Å². The Kier molecular flexibility index (Phi) is 4.31. The van der Waals surface area contributed by atoms with Crippen molar-refractivity contribution in [3.05, 3.63) is 11.6 Å². The zero-order chi connectivity index (χ0) is 14.8. The van der Waals surface area contributed by atoms with Gasteiger partial charge in [0.15, 0.2) is 0 Å². The van der Waals surface area contributed by atoms with Crippen LogP contribution in [0.1, 0.15) is 0 Å². The third-order valence-electron chi connectivity index (χ3n) is 1.93. The van der Waals surface area contributed by atoms with Crippen LogP contribution in [0.2, 0.25) is 0 Å². The summed E-state index contributed by atoms with van der Waals surface area (Å²) in [5.74, 6) is -5.28. The van der Waals surface area contributed by atoms with Gasteiger partial charge in [-0.15, -0.1) is 0 Å². The van der Waals surface area contributed by atoms with Crippen LogP contribution in [0.4, 0.5) is 17.6 Å². The van der Waals surface area contributed by atoms with Gasteiger partial charge in [-0.2, -0.15) is 18.4 Å². The molecule has 0 radical (unpaired) electrons. The summed E-state index contributed by atoms with van der Waals surface area (Å²) >= 11 is -0.215. The second-order valence-electron chi connectivity index (χ2n) is 3.22. The number of dihydropyridines is 1. The lowest BCUT2D eigenvalue weighted by Gasteiger charge is -2.20. The van der Waals surface area contributed by atoms with Crippen LogP contribution >= 0.6 is 11.8 Å². The molecule has 1 aliphatic heterocycles. The van der Waals surface area contributed by atoms with E-state index in [9.17, 15) is 27.2 Å². The fourth-order valence-electron chi connectivity index (χ4n) is 1.18. The number of allylic oxidation sites excluding steroid dienone is 1. The zero-order valence-corrected chi connectivity index (χ0v) is 9.63. The number of aliphatic imine (C=N–C) groups is 1. The first-order valence-corrected chi connectivity index (χ1v) is 5.39. The molecular formula is C9H4F4N2O3S. The normalized spacial score (nSPS) is 21.2. The summed E-state index contributed by atoms with van der Waals surface area (Å²) in [6, 6.07) is 1.22. The highest BCUT2D eigenvalue weighted by Crippen LogP contribution is 2.37. The first-order chi connectivity index (χ1) is 8.66. The van der Waals surface area contributed by atoms with E-state index in [1.54, 1.807) is 0 Å². The van der Waals surface area contributed by atoms with Crippen LogP contribution in [0.15, 0.2) is 16.6 Å². The molecule has 0 saturated carbocycles. The van der Waals surface area contributed by atoms with Gasteiger partial charge in [-0.05, 0) is 0 Å². The highest BCUT2D eigenvalue weighted by molar-refractivity contribution is 8.15. The SMILES string of the molecule is N#CC1C(C(F)(F)F)=CC(=O)N=C1SC(F)C(=O)O. The average Bonchev–Trinajstić information content (AvgIpc) is 2.26. The van der Waals surface area contributed by atoms with E-state index in [0.29, 0.717) is 0 Å². The summed E-state index contributed by atoms with van der Waals surface area (Å²) in [6.45, 7) is 0. The van der Waals surface area contributed by atoms with Crippen LogP contribution in [0.3, 0.4) is 0 Å². The Morgan fingerprint density at radius 3 is 2.58 bits per heavy atom. The third-order valence-corrected chi connectivity index (χ3v) is 2.91. The maximum Gasteiger partial charge on any atom is 0.414 e. The Bertz CT molecular complexity index is 521. The van der Waals surface area contributed by atoms with E-state index < -0.39 is 40.1 Å². The number of hydrogen-bond acceptors (Lipinski definition) is 4. The molecule has 0 aromatic rings. The van der Waals surface area contributed by atoms with Crippen LogP contribution in [0.25, 0.3) is 0 Å². The quantitative estimate of drug-likeness (QED) is 0.783. The number of nitriles is 1. The summed E-state index contributed by atoms with van der Waals surface area (Å²) in [4.78, 5) is 24.3. The van der Waals surface area contributed by atoms with Gasteiger partial charge in [0.2, 0.25) is 5.50 Å². The van der Waals surface area contributed by atoms with Gasteiger partial charge in [-0.1, -0.05) is 11.8 Å². The monoisotopic (exact) mass is 296 g/mol. The van der Waals surface area contributed by atoms with E-state index in [2.05, 4.69) is 4.99 Å². The van der Waals surface area contributed by atoms with Crippen molar-refractivity contribution in [3.8, 4) is 6.07 Å². The van der Waals surface area contributed by atoms with Crippen molar-refractivity contribution < 1.29 is 32.3 Å². The van der Waals surface area contributed by atoms with Gasteiger partial charge in [0.25, 0.3) is 5.91 Å².